The van der Waals surface area contributed by atoms with E-state index in [0.717, 1.165) is 46.5 Å². The highest BCUT2D eigenvalue weighted by Crippen LogP contribution is 2.20. The lowest BCUT2D eigenvalue weighted by molar-refractivity contribution is 0.440. The number of fused-ring (bicyclic) bond motifs is 2. The molecule has 0 fully saturated rings. The summed E-state index contributed by atoms with van der Waals surface area (Å²) in [6, 6.07) is 12.0. The second-order valence-corrected chi connectivity index (χ2v) is 6.36. The van der Waals surface area contributed by atoms with Crippen LogP contribution in [0.3, 0.4) is 0 Å². The van der Waals surface area contributed by atoms with Crippen LogP contribution in [0.15, 0.2) is 59.5 Å². The van der Waals surface area contributed by atoms with Crippen LogP contribution in [0.4, 0.5) is 0 Å². The number of rotatable bonds is 0. The third-order valence-electron chi connectivity index (χ3n) is 4.42. The average Bonchev–Trinajstić information content (AvgIpc) is 2.80. The minimum Gasteiger partial charge on any atom is -0.333 e. The molecule has 3 heteroatoms. The molecule has 1 aromatic carbocycles. The van der Waals surface area contributed by atoms with Crippen LogP contribution in [0, 0.1) is 17.8 Å². The Morgan fingerprint density at radius 1 is 1.17 bits per heavy atom. The normalized spacial score (nSPS) is 18.6. The van der Waals surface area contributed by atoms with E-state index in [0.29, 0.717) is 0 Å². The molecule has 2 aromatic rings. The van der Waals surface area contributed by atoms with Crippen molar-refractivity contribution in [2.45, 2.75) is 19.8 Å². The fourth-order valence-electron chi connectivity index (χ4n) is 2.95. The Morgan fingerprint density at radius 2 is 2.12 bits per heavy atom. The molecule has 4 rings (SSSR count). The van der Waals surface area contributed by atoms with E-state index in [9.17, 15) is 0 Å². The van der Waals surface area contributed by atoms with Gasteiger partial charge in [0.05, 0.1) is 5.36 Å². The summed E-state index contributed by atoms with van der Waals surface area (Å²) in [6.45, 7) is 3.34. The molecule has 0 radical (unpaired) electrons. The number of nitrogens with zero attached hydrogens (tertiary/aromatic N) is 3. The summed E-state index contributed by atoms with van der Waals surface area (Å²) in [5.74, 6) is 8.07. The van der Waals surface area contributed by atoms with E-state index in [1.807, 2.05) is 18.2 Å². The van der Waals surface area contributed by atoms with Gasteiger partial charge in [0.1, 0.15) is 11.5 Å². The number of allylic oxidation sites excluding steroid dienone is 1. The monoisotopic (exact) mass is 313 g/mol. The predicted octanol–water partition coefficient (Wildman–Crippen LogP) is 2.43. The quantitative estimate of drug-likeness (QED) is 0.699. The lowest BCUT2D eigenvalue weighted by Gasteiger charge is -2.21. The highest BCUT2D eigenvalue weighted by molar-refractivity contribution is 5.42. The molecule has 0 N–H and O–H groups in total. The van der Waals surface area contributed by atoms with Gasteiger partial charge in [-0.2, -0.15) is 0 Å². The van der Waals surface area contributed by atoms with Gasteiger partial charge in [0, 0.05) is 29.7 Å². The number of benzene rings is 1. The van der Waals surface area contributed by atoms with Gasteiger partial charge in [-0.15, -0.1) is 0 Å². The third-order valence-corrected chi connectivity index (χ3v) is 4.42. The van der Waals surface area contributed by atoms with Crippen LogP contribution in [0.25, 0.3) is 6.20 Å². The van der Waals surface area contributed by atoms with E-state index in [1.54, 1.807) is 6.20 Å². The first-order chi connectivity index (χ1) is 11.8. The Bertz CT molecular complexity index is 962. The van der Waals surface area contributed by atoms with Crippen LogP contribution in [-0.2, 0) is 0 Å². The number of hydrogen-bond donors (Lipinski definition) is 0. The zero-order valence-corrected chi connectivity index (χ0v) is 13.7. The van der Waals surface area contributed by atoms with E-state index < -0.39 is 0 Å². The standard InChI is InChI=1S/C21H19N3/c1-16-5-10-21-23-20-14-17(7-9-19-4-2-3-12-22-19)6-8-18(20)15-24(21)13-11-16/h2-4,6,8,10,12,14-16H,5,11,13H2,1H3. The predicted molar refractivity (Wildman–Crippen MR) is 95.1 cm³/mol. The molecule has 1 atom stereocenters. The van der Waals surface area contributed by atoms with Gasteiger partial charge >= 0.3 is 0 Å². The maximum absolute atomic E-state index is 4.85. The van der Waals surface area contributed by atoms with Crippen molar-refractivity contribution in [3.8, 4) is 11.8 Å². The molecule has 24 heavy (non-hydrogen) atoms. The van der Waals surface area contributed by atoms with Crippen molar-refractivity contribution in [2.24, 2.45) is 10.9 Å². The topological polar surface area (TPSA) is 28.5 Å². The molecule has 0 spiro atoms. The lowest BCUT2D eigenvalue weighted by atomic mass is 10.1. The summed E-state index contributed by atoms with van der Waals surface area (Å²) in [5.41, 5.74) is 1.75. The van der Waals surface area contributed by atoms with Gasteiger partial charge in [-0.25, -0.2) is 9.98 Å². The summed E-state index contributed by atoms with van der Waals surface area (Å²) in [4.78, 5) is 11.4. The molecule has 2 aliphatic heterocycles. The van der Waals surface area contributed by atoms with Crippen molar-refractivity contribution in [2.75, 3.05) is 6.54 Å². The van der Waals surface area contributed by atoms with Crippen molar-refractivity contribution in [3.63, 3.8) is 0 Å². The molecule has 0 amide bonds. The molecular formula is C21H19N3. The minimum absolute atomic E-state index is 0.717. The zero-order valence-electron chi connectivity index (χ0n) is 13.7. The van der Waals surface area contributed by atoms with Crippen LogP contribution in [0.5, 0.6) is 0 Å². The van der Waals surface area contributed by atoms with Crippen molar-refractivity contribution in [1.29, 1.82) is 0 Å². The van der Waals surface area contributed by atoms with Crippen molar-refractivity contribution in [3.05, 3.63) is 76.3 Å². The fraction of sp³-hybridized carbons (Fsp3) is 0.238. The van der Waals surface area contributed by atoms with Crippen molar-refractivity contribution in [1.82, 2.24) is 9.88 Å². The molecule has 3 nitrogen and oxygen atoms in total. The van der Waals surface area contributed by atoms with Crippen LogP contribution >= 0.6 is 0 Å². The smallest absolute Gasteiger partial charge is 0.129 e. The van der Waals surface area contributed by atoms with E-state index in [4.69, 9.17) is 4.99 Å². The van der Waals surface area contributed by atoms with Gasteiger partial charge in [0.15, 0.2) is 0 Å². The van der Waals surface area contributed by atoms with E-state index >= 15 is 0 Å². The summed E-state index contributed by atoms with van der Waals surface area (Å²) in [7, 11) is 0. The molecule has 118 valence electrons. The van der Waals surface area contributed by atoms with Gasteiger partial charge in [-0.3, -0.25) is 0 Å². The highest BCUT2D eigenvalue weighted by atomic mass is 15.2. The van der Waals surface area contributed by atoms with Gasteiger partial charge in [-0.05, 0) is 55.0 Å². The van der Waals surface area contributed by atoms with E-state index in [2.05, 4.69) is 59.1 Å². The molecule has 3 heterocycles. The fourth-order valence-corrected chi connectivity index (χ4v) is 2.95. The zero-order chi connectivity index (χ0) is 16.4. The molecule has 0 bridgehead atoms. The first-order valence-corrected chi connectivity index (χ1v) is 8.38. The largest absolute Gasteiger partial charge is 0.333 e. The van der Waals surface area contributed by atoms with E-state index in [1.165, 1.54) is 6.42 Å². The third kappa shape index (κ3) is 3.09. The maximum Gasteiger partial charge on any atom is 0.129 e. The number of pyridine rings is 1. The number of aromatic nitrogens is 1. The Hall–Kier alpha value is -2.86. The van der Waals surface area contributed by atoms with Crippen LogP contribution in [0.2, 0.25) is 0 Å². The highest BCUT2D eigenvalue weighted by Gasteiger charge is 2.15. The second-order valence-electron chi connectivity index (χ2n) is 6.36. The van der Waals surface area contributed by atoms with Crippen molar-refractivity contribution >= 4 is 6.20 Å². The molecule has 2 aliphatic rings. The minimum atomic E-state index is 0.717. The maximum atomic E-state index is 4.85. The first-order valence-electron chi connectivity index (χ1n) is 8.38. The molecule has 0 saturated heterocycles. The Balaban J connectivity index is 1.71. The van der Waals surface area contributed by atoms with Crippen LogP contribution < -0.4 is 10.6 Å². The van der Waals surface area contributed by atoms with Gasteiger partial charge < -0.3 is 4.90 Å². The van der Waals surface area contributed by atoms with Crippen molar-refractivity contribution < 1.29 is 0 Å². The second kappa shape index (κ2) is 6.33. The molecule has 0 saturated carbocycles. The molecule has 1 unspecified atom stereocenters. The average molecular weight is 313 g/mol. The number of hydrogen-bond acceptors (Lipinski definition) is 3. The summed E-state index contributed by atoms with van der Waals surface area (Å²) >= 11 is 0. The molecule has 1 aromatic heterocycles. The lowest BCUT2D eigenvalue weighted by Crippen LogP contribution is -2.35. The van der Waals surface area contributed by atoms with Gasteiger partial charge in [0.25, 0.3) is 0 Å². The summed E-state index contributed by atoms with van der Waals surface area (Å²) in [5, 5.41) is 2.16. The van der Waals surface area contributed by atoms with Gasteiger partial charge in [0.2, 0.25) is 0 Å². The molecule has 0 aliphatic carbocycles. The van der Waals surface area contributed by atoms with Crippen LogP contribution in [-0.4, -0.2) is 16.4 Å². The Kier molecular flexibility index (Phi) is 3.88. The van der Waals surface area contributed by atoms with Gasteiger partial charge in [-0.1, -0.05) is 25.0 Å². The SMILES string of the molecule is CC1CC=C2N=c3cc(C#Cc4ccccn4)ccc3=CN2CC1. The summed E-state index contributed by atoms with van der Waals surface area (Å²) < 4.78 is 0. The summed E-state index contributed by atoms with van der Waals surface area (Å²) in [6.07, 6.45) is 8.52. The first kappa shape index (κ1) is 14.7. The Labute approximate surface area is 142 Å². The Morgan fingerprint density at radius 3 is 3.00 bits per heavy atom. The molecular weight excluding hydrogens is 294 g/mol. The van der Waals surface area contributed by atoms with Crippen LogP contribution in [0.1, 0.15) is 31.0 Å². The van der Waals surface area contributed by atoms with E-state index in [-0.39, 0.29) is 0 Å².